The fraction of sp³-hybridized carbons (Fsp3) is 0.368. The molecule has 0 amide bonds. The lowest BCUT2D eigenvalue weighted by molar-refractivity contribution is 0.198. The summed E-state index contributed by atoms with van der Waals surface area (Å²) in [5.41, 5.74) is 9.51. The van der Waals surface area contributed by atoms with Crippen molar-refractivity contribution in [2.24, 2.45) is 0 Å². The topological polar surface area (TPSA) is 59.5 Å². The standard InChI is InChI=1S/C19H21F2N5/c1-12-7-19-23-17(9-18(22)26(19)24-12)14-3-2-6-25(11-14)10-13-4-5-15(20)16(21)8-13/h4-5,7-9,14H,2-3,6,10-11,22H2,1H3. The van der Waals surface area contributed by atoms with Crippen LogP contribution >= 0.6 is 0 Å². The van der Waals surface area contributed by atoms with Crippen LogP contribution in [0, 0.1) is 18.6 Å². The molecule has 0 bridgehead atoms. The van der Waals surface area contributed by atoms with Crippen molar-refractivity contribution in [1.29, 1.82) is 0 Å². The highest BCUT2D eigenvalue weighted by Gasteiger charge is 2.24. The molecular formula is C19H21F2N5. The van der Waals surface area contributed by atoms with Crippen molar-refractivity contribution in [2.75, 3.05) is 18.8 Å². The SMILES string of the molecule is Cc1cc2nc(C3CCCN(Cc4ccc(F)c(F)c4)C3)cc(N)n2n1. The number of aromatic nitrogens is 3. The summed E-state index contributed by atoms with van der Waals surface area (Å²) < 4.78 is 28.2. The predicted molar refractivity (Wildman–Crippen MR) is 95.7 cm³/mol. The maximum Gasteiger partial charge on any atom is 0.159 e. The molecule has 1 fully saturated rings. The first kappa shape index (κ1) is 16.9. The van der Waals surface area contributed by atoms with Gasteiger partial charge in [0, 0.05) is 31.1 Å². The smallest absolute Gasteiger partial charge is 0.159 e. The van der Waals surface area contributed by atoms with Gasteiger partial charge in [-0.3, -0.25) is 4.90 Å². The van der Waals surface area contributed by atoms with Crippen LogP contribution in [0.4, 0.5) is 14.6 Å². The highest BCUT2D eigenvalue weighted by Crippen LogP contribution is 2.28. The third kappa shape index (κ3) is 3.26. The first-order valence-electron chi connectivity index (χ1n) is 8.78. The molecule has 5 nitrogen and oxygen atoms in total. The van der Waals surface area contributed by atoms with Gasteiger partial charge in [-0.15, -0.1) is 0 Å². The van der Waals surface area contributed by atoms with Crippen LogP contribution in [0.25, 0.3) is 5.65 Å². The second-order valence-corrected chi connectivity index (χ2v) is 6.98. The average Bonchev–Trinajstić information content (AvgIpc) is 2.99. The summed E-state index contributed by atoms with van der Waals surface area (Å²) in [6.07, 6.45) is 2.06. The van der Waals surface area contributed by atoms with Crippen LogP contribution in [0.15, 0.2) is 30.3 Å². The van der Waals surface area contributed by atoms with E-state index in [0.717, 1.165) is 48.5 Å². The van der Waals surface area contributed by atoms with E-state index in [1.54, 1.807) is 10.6 Å². The Morgan fingerprint density at radius 1 is 1.19 bits per heavy atom. The number of anilines is 1. The monoisotopic (exact) mass is 357 g/mol. The van der Waals surface area contributed by atoms with Gasteiger partial charge in [0.25, 0.3) is 0 Å². The largest absolute Gasteiger partial charge is 0.384 e. The van der Waals surface area contributed by atoms with Gasteiger partial charge < -0.3 is 5.73 Å². The number of halogens is 2. The highest BCUT2D eigenvalue weighted by molar-refractivity contribution is 5.48. The quantitative estimate of drug-likeness (QED) is 0.782. The number of aryl methyl sites for hydroxylation is 1. The van der Waals surface area contributed by atoms with Crippen molar-refractivity contribution in [2.45, 2.75) is 32.2 Å². The number of nitrogen functional groups attached to an aromatic ring is 1. The van der Waals surface area contributed by atoms with Gasteiger partial charge in [0.2, 0.25) is 0 Å². The van der Waals surface area contributed by atoms with Crippen LogP contribution in [-0.4, -0.2) is 32.6 Å². The van der Waals surface area contributed by atoms with E-state index in [1.807, 2.05) is 19.1 Å². The molecule has 26 heavy (non-hydrogen) atoms. The third-order valence-corrected chi connectivity index (χ3v) is 4.91. The summed E-state index contributed by atoms with van der Waals surface area (Å²) in [5.74, 6) is -0.770. The van der Waals surface area contributed by atoms with Crippen molar-refractivity contribution < 1.29 is 8.78 Å². The van der Waals surface area contributed by atoms with E-state index < -0.39 is 11.6 Å². The maximum atomic E-state index is 13.4. The molecule has 2 aromatic heterocycles. The number of benzene rings is 1. The van der Waals surface area contributed by atoms with E-state index in [-0.39, 0.29) is 5.92 Å². The Morgan fingerprint density at radius 3 is 2.85 bits per heavy atom. The number of piperidine rings is 1. The fourth-order valence-electron chi connectivity index (χ4n) is 3.68. The zero-order chi connectivity index (χ0) is 18.3. The zero-order valence-corrected chi connectivity index (χ0v) is 14.6. The molecule has 7 heteroatoms. The van der Waals surface area contributed by atoms with Crippen LogP contribution in [0.3, 0.4) is 0 Å². The van der Waals surface area contributed by atoms with Crippen molar-refractivity contribution in [1.82, 2.24) is 19.5 Å². The van der Waals surface area contributed by atoms with E-state index >= 15 is 0 Å². The van der Waals surface area contributed by atoms with Crippen molar-refractivity contribution in [3.8, 4) is 0 Å². The molecule has 0 radical (unpaired) electrons. The minimum Gasteiger partial charge on any atom is -0.384 e. The number of hydrogen-bond donors (Lipinski definition) is 1. The van der Waals surface area contributed by atoms with Gasteiger partial charge in [0.1, 0.15) is 5.82 Å². The van der Waals surface area contributed by atoms with Crippen molar-refractivity contribution in [3.05, 3.63) is 58.9 Å². The highest BCUT2D eigenvalue weighted by atomic mass is 19.2. The van der Waals surface area contributed by atoms with Gasteiger partial charge in [0.15, 0.2) is 17.3 Å². The minimum absolute atomic E-state index is 0.261. The van der Waals surface area contributed by atoms with Gasteiger partial charge in [-0.05, 0) is 44.0 Å². The summed E-state index contributed by atoms with van der Waals surface area (Å²) in [5, 5.41) is 4.34. The summed E-state index contributed by atoms with van der Waals surface area (Å²) >= 11 is 0. The molecule has 0 saturated carbocycles. The molecule has 4 rings (SSSR count). The van der Waals surface area contributed by atoms with Crippen molar-refractivity contribution >= 4 is 11.5 Å². The fourth-order valence-corrected chi connectivity index (χ4v) is 3.68. The van der Waals surface area contributed by atoms with E-state index in [9.17, 15) is 8.78 Å². The minimum atomic E-state index is -0.811. The zero-order valence-electron chi connectivity index (χ0n) is 14.6. The summed E-state index contributed by atoms with van der Waals surface area (Å²) in [6.45, 7) is 4.25. The molecule has 3 heterocycles. The van der Waals surface area contributed by atoms with E-state index in [0.29, 0.717) is 12.4 Å². The Balaban J connectivity index is 1.53. The molecule has 2 N–H and O–H groups in total. The van der Waals surface area contributed by atoms with Crippen LogP contribution in [0.5, 0.6) is 0 Å². The number of hydrogen-bond acceptors (Lipinski definition) is 4. The second kappa shape index (κ2) is 6.64. The Morgan fingerprint density at radius 2 is 2.04 bits per heavy atom. The second-order valence-electron chi connectivity index (χ2n) is 6.98. The molecule has 0 spiro atoms. The van der Waals surface area contributed by atoms with Gasteiger partial charge in [-0.25, -0.2) is 13.8 Å². The number of nitrogens with two attached hydrogens (primary N) is 1. The Bertz CT molecular complexity index is 952. The third-order valence-electron chi connectivity index (χ3n) is 4.91. The number of likely N-dealkylation sites (tertiary alicyclic amines) is 1. The van der Waals surface area contributed by atoms with Crippen LogP contribution in [0.1, 0.15) is 35.7 Å². The molecule has 1 saturated heterocycles. The molecule has 1 aliphatic heterocycles. The van der Waals surface area contributed by atoms with Gasteiger partial charge >= 0.3 is 0 Å². The Hall–Kier alpha value is -2.54. The number of rotatable bonds is 3. The van der Waals surface area contributed by atoms with E-state index in [4.69, 9.17) is 10.7 Å². The predicted octanol–water partition coefficient (Wildman–Crippen LogP) is 3.28. The molecular weight excluding hydrogens is 336 g/mol. The summed E-state index contributed by atoms with van der Waals surface area (Å²) in [4.78, 5) is 6.99. The summed E-state index contributed by atoms with van der Waals surface area (Å²) in [7, 11) is 0. The van der Waals surface area contributed by atoms with E-state index in [2.05, 4.69) is 10.00 Å². The lowest BCUT2D eigenvalue weighted by atomic mass is 9.94. The Labute approximate surface area is 150 Å². The number of fused-ring (bicyclic) bond motifs is 1. The molecule has 1 unspecified atom stereocenters. The van der Waals surface area contributed by atoms with Gasteiger partial charge in [0.05, 0.1) is 11.4 Å². The van der Waals surface area contributed by atoms with Crippen LogP contribution < -0.4 is 5.73 Å². The van der Waals surface area contributed by atoms with Crippen LogP contribution in [-0.2, 0) is 6.54 Å². The lowest BCUT2D eigenvalue weighted by Gasteiger charge is -2.32. The van der Waals surface area contributed by atoms with Crippen LogP contribution in [0.2, 0.25) is 0 Å². The molecule has 1 atom stereocenters. The van der Waals surface area contributed by atoms with Gasteiger partial charge in [-0.1, -0.05) is 6.07 Å². The molecule has 3 aromatic rings. The Kier molecular flexibility index (Phi) is 4.32. The first-order chi connectivity index (χ1) is 12.5. The van der Waals surface area contributed by atoms with E-state index in [1.165, 1.54) is 12.1 Å². The molecule has 136 valence electrons. The van der Waals surface area contributed by atoms with Gasteiger partial charge in [-0.2, -0.15) is 9.61 Å². The molecule has 1 aromatic carbocycles. The maximum absolute atomic E-state index is 13.4. The van der Waals surface area contributed by atoms with Crippen molar-refractivity contribution in [3.63, 3.8) is 0 Å². The first-order valence-corrected chi connectivity index (χ1v) is 8.78. The molecule has 1 aliphatic rings. The summed E-state index contributed by atoms with van der Waals surface area (Å²) in [6, 6.07) is 7.91. The molecule has 0 aliphatic carbocycles. The number of nitrogens with zero attached hydrogens (tertiary/aromatic N) is 4. The lowest BCUT2D eigenvalue weighted by Crippen LogP contribution is -2.34. The normalized spacial score (nSPS) is 18.5. The average molecular weight is 357 g/mol.